The summed E-state index contributed by atoms with van der Waals surface area (Å²) in [5.41, 5.74) is 2.30. The van der Waals surface area contributed by atoms with Crippen LogP contribution in [0.1, 0.15) is 57.7 Å². The predicted molar refractivity (Wildman–Crippen MR) is 70.1 cm³/mol. The quantitative estimate of drug-likeness (QED) is 0.803. The Hall–Kier alpha value is -1.12. The van der Waals surface area contributed by atoms with Crippen LogP contribution in [0.15, 0.2) is 6.20 Å². The highest BCUT2D eigenvalue weighted by Crippen LogP contribution is 2.30. The maximum absolute atomic E-state index is 11.6. The molecule has 3 nitrogen and oxygen atoms in total. The second-order valence-corrected chi connectivity index (χ2v) is 4.76. The standard InChI is InChI=1S/C12H18N2O.C2H6/c1-8(2)11-6-14(13-9(11)3)7-12(15)10-4-5-10;1-2/h6,8,10H,4-5,7H2,1-3H3;1-2H3. The van der Waals surface area contributed by atoms with Crippen LogP contribution in [-0.4, -0.2) is 15.6 Å². The van der Waals surface area contributed by atoms with Crippen LogP contribution in [0.25, 0.3) is 0 Å². The zero-order chi connectivity index (χ0) is 13.0. The molecule has 1 aliphatic rings. The molecular formula is C14H24N2O. The molecule has 0 bridgehead atoms. The molecule has 1 aliphatic carbocycles. The van der Waals surface area contributed by atoms with E-state index < -0.39 is 0 Å². The molecule has 1 aromatic rings. The molecule has 1 aromatic heterocycles. The fourth-order valence-electron chi connectivity index (χ4n) is 1.88. The second-order valence-electron chi connectivity index (χ2n) is 4.76. The number of carbonyl (C=O) groups is 1. The minimum Gasteiger partial charge on any atom is -0.297 e. The van der Waals surface area contributed by atoms with Gasteiger partial charge in [-0.2, -0.15) is 5.10 Å². The van der Waals surface area contributed by atoms with Gasteiger partial charge in [0, 0.05) is 12.1 Å². The minimum atomic E-state index is 0.331. The number of aryl methyl sites for hydroxylation is 1. The Morgan fingerprint density at radius 3 is 2.47 bits per heavy atom. The average Bonchev–Trinajstić information content (AvgIpc) is 3.06. The maximum atomic E-state index is 11.6. The summed E-state index contributed by atoms with van der Waals surface area (Å²) in [5.74, 6) is 1.15. The summed E-state index contributed by atoms with van der Waals surface area (Å²) < 4.78 is 1.80. The van der Waals surface area contributed by atoms with E-state index in [2.05, 4.69) is 18.9 Å². The number of hydrogen-bond donors (Lipinski definition) is 0. The molecule has 3 heteroatoms. The Labute approximate surface area is 104 Å². The van der Waals surface area contributed by atoms with Crippen LogP contribution < -0.4 is 0 Å². The van der Waals surface area contributed by atoms with Crippen molar-refractivity contribution in [3.05, 3.63) is 17.5 Å². The van der Waals surface area contributed by atoms with Gasteiger partial charge in [-0.25, -0.2) is 0 Å². The molecule has 1 fully saturated rings. The van der Waals surface area contributed by atoms with Crippen molar-refractivity contribution in [1.29, 1.82) is 0 Å². The van der Waals surface area contributed by atoms with Crippen LogP contribution in [-0.2, 0) is 11.3 Å². The van der Waals surface area contributed by atoms with Gasteiger partial charge in [-0.15, -0.1) is 0 Å². The minimum absolute atomic E-state index is 0.331. The Morgan fingerprint density at radius 2 is 2.06 bits per heavy atom. The molecule has 0 aromatic carbocycles. The van der Waals surface area contributed by atoms with E-state index in [4.69, 9.17) is 0 Å². The highest BCUT2D eigenvalue weighted by molar-refractivity contribution is 5.82. The predicted octanol–water partition coefficient (Wildman–Crippen LogP) is 3.32. The molecule has 0 saturated heterocycles. The lowest BCUT2D eigenvalue weighted by molar-refractivity contribution is -0.120. The molecule has 2 rings (SSSR count). The van der Waals surface area contributed by atoms with Gasteiger partial charge >= 0.3 is 0 Å². The highest BCUT2D eigenvalue weighted by atomic mass is 16.1. The molecule has 17 heavy (non-hydrogen) atoms. The van der Waals surface area contributed by atoms with Gasteiger partial charge in [0.2, 0.25) is 0 Å². The lowest BCUT2D eigenvalue weighted by Crippen LogP contribution is -2.12. The highest BCUT2D eigenvalue weighted by Gasteiger charge is 2.29. The number of Topliss-reactive ketones (excluding diaryl/α,β-unsaturated/α-hetero) is 1. The third-order valence-electron chi connectivity index (χ3n) is 2.96. The Bertz CT molecular complexity index is 376. The van der Waals surface area contributed by atoms with Gasteiger partial charge in [0.05, 0.1) is 12.2 Å². The van der Waals surface area contributed by atoms with Crippen molar-refractivity contribution in [3.8, 4) is 0 Å². The SMILES string of the molecule is CC.Cc1nn(CC(=O)C2CC2)cc1C(C)C. The van der Waals surface area contributed by atoms with Crippen LogP contribution in [0.2, 0.25) is 0 Å². The van der Waals surface area contributed by atoms with Gasteiger partial charge in [-0.1, -0.05) is 27.7 Å². The Kier molecular flexibility index (Phi) is 4.91. The number of aromatic nitrogens is 2. The molecule has 0 atom stereocenters. The topological polar surface area (TPSA) is 34.9 Å². The van der Waals surface area contributed by atoms with Gasteiger partial charge in [0.25, 0.3) is 0 Å². The summed E-state index contributed by atoms with van der Waals surface area (Å²) in [6.45, 7) is 10.8. The fraction of sp³-hybridized carbons (Fsp3) is 0.714. The fourth-order valence-corrected chi connectivity index (χ4v) is 1.88. The molecule has 0 unspecified atom stereocenters. The lowest BCUT2D eigenvalue weighted by Gasteiger charge is -2.00. The number of carbonyl (C=O) groups excluding carboxylic acids is 1. The summed E-state index contributed by atoms with van der Waals surface area (Å²) >= 11 is 0. The molecule has 0 aliphatic heterocycles. The van der Waals surface area contributed by atoms with Crippen molar-refractivity contribution in [2.45, 2.75) is 59.9 Å². The van der Waals surface area contributed by atoms with E-state index in [-0.39, 0.29) is 0 Å². The van der Waals surface area contributed by atoms with Crippen molar-refractivity contribution < 1.29 is 4.79 Å². The van der Waals surface area contributed by atoms with E-state index in [0.717, 1.165) is 18.5 Å². The first-order chi connectivity index (χ1) is 8.08. The third-order valence-corrected chi connectivity index (χ3v) is 2.96. The van der Waals surface area contributed by atoms with Gasteiger partial charge in [0.15, 0.2) is 5.78 Å². The molecule has 0 N–H and O–H groups in total. The average molecular weight is 236 g/mol. The Balaban J connectivity index is 0.000000686. The molecular weight excluding hydrogens is 212 g/mol. The first-order valence-corrected chi connectivity index (χ1v) is 6.64. The van der Waals surface area contributed by atoms with Crippen LogP contribution in [0.3, 0.4) is 0 Å². The van der Waals surface area contributed by atoms with E-state index in [1.807, 2.05) is 27.0 Å². The van der Waals surface area contributed by atoms with E-state index >= 15 is 0 Å². The summed E-state index contributed by atoms with van der Waals surface area (Å²) in [6.07, 6.45) is 4.17. The second kappa shape index (κ2) is 5.99. The smallest absolute Gasteiger partial charge is 0.157 e. The molecule has 0 amide bonds. The lowest BCUT2D eigenvalue weighted by atomic mass is 10.1. The number of ketones is 1. The van der Waals surface area contributed by atoms with E-state index in [1.165, 1.54) is 5.56 Å². The van der Waals surface area contributed by atoms with E-state index in [1.54, 1.807) is 4.68 Å². The van der Waals surface area contributed by atoms with Crippen LogP contribution in [0.5, 0.6) is 0 Å². The molecule has 0 radical (unpaired) electrons. The number of nitrogens with zero attached hydrogens (tertiary/aromatic N) is 2. The van der Waals surface area contributed by atoms with Crippen LogP contribution in [0, 0.1) is 12.8 Å². The van der Waals surface area contributed by atoms with Gasteiger partial charge in [-0.3, -0.25) is 9.48 Å². The first-order valence-electron chi connectivity index (χ1n) is 6.64. The van der Waals surface area contributed by atoms with E-state index in [0.29, 0.717) is 24.2 Å². The normalized spacial score (nSPS) is 14.5. The van der Waals surface area contributed by atoms with Crippen LogP contribution in [0.4, 0.5) is 0 Å². The van der Waals surface area contributed by atoms with E-state index in [9.17, 15) is 4.79 Å². The first kappa shape index (κ1) is 13.9. The largest absolute Gasteiger partial charge is 0.297 e. The van der Waals surface area contributed by atoms with Gasteiger partial charge in [-0.05, 0) is 31.2 Å². The number of hydrogen-bond acceptors (Lipinski definition) is 2. The molecule has 96 valence electrons. The van der Waals surface area contributed by atoms with Crippen molar-refractivity contribution >= 4 is 5.78 Å². The molecule has 1 heterocycles. The zero-order valence-electron chi connectivity index (χ0n) is 11.7. The van der Waals surface area contributed by atoms with Crippen molar-refractivity contribution in [2.24, 2.45) is 5.92 Å². The molecule has 1 saturated carbocycles. The van der Waals surface area contributed by atoms with Gasteiger partial charge < -0.3 is 0 Å². The van der Waals surface area contributed by atoms with Crippen LogP contribution >= 0.6 is 0 Å². The Morgan fingerprint density at radius 1 is 1.47 bits per heavy atom. The summed E-state index contributed by atoms with van der Waals surface area (Å²) in [5, 5.41) is 4.38. The monoisotopic (exact) mass is 236 g/mol. The maximum Gasteiger partial charge on any atom is 0.157 e. The van der Waals surface area contributed by atoms with Gasteiger partial charge in [0.1, 0.15) is 0 Å². The van der Waals surface area contributed by atoms with Crippen molar-refractivity contribution in [2.75, 3.05) is 0 Å². The summed E-state index contributed by atoms with van der Waals surface area (Å²) in [7, 11) is 0. The molecule has 0 spiro atoms. The number of rotatable bonds is 4. The summed E-state index contributed by atoms with van der Waals surface area (Å²) in [4.78, 5) is 11.6. The summed E-state index contributed by atoms with van der Waals surface area (Å²) in [6, 6.07) is 0. The van der Waals surface area contributed by atoms with Crippen molar-refractivity contribution in [3.63, 3.8) is 0 Å². The zero-order valence-corrected chi connectivity index (χ0v) is 11.7. The van der Waals surface area contributed by atoms with Crippen molar-refractivity contribution in [1.82, 2.24) is 9.78 Å². The third kappa shape index (κ3) is 3.69.